The van der Waals surface area contributed by atoms with E-state index in [1.807, 2.05) is 22.5 Å². The van der Waals surface area contributed by atoms with E-state index in [1.165, 1.54) is 19.1 Å². The van der Waals surface area contributed by atoms with E-state index in [1.54, 1.807) is 0 Å². The lowest BCUT2D eigenvalue weighted by Crippen LogP contribution is -2.32. The Hall–Kier alpha value is -0.720. The molecule has 1 aliphatic rings. The predicted octanol–water partition coefficient (Wildman–Crippen LogP) is 2.68. The monoisotopic (exact) mass is 330 g/mol. The predicted molar refractivity (Wildman–Crippen MR) is 76.2 cm³/mol. The summed E-state index contributed by atoms with van der Waals surface area (Å²) in [6.07, 6.45) is 1.85. The molecule has 0 saturated carbocycles. The van der Waals surface area contributed by atoms with Crippen LogP contribution in [0.4, 0.5) is 5.69 Å². The van der Waals surface area contributed by atoms with E-state index >= 15 is 0 Å². The molecule has 0 aromatic heterocycles. The average Bonchev–Trinajstić information content (AvgIpc) is 2.80. The van der Waals surface area contributed by atoms with E-state index in [4.69, 9.17) is 10.5 Å². The molecule has 0 amide bonds. The van der Waals surface area contributed by atoms with E-state index < -0.39 is 0 Å². The maximum absolute atomic E-state index is 11.6. The number of rotatable bonds is 3. The number of hydrogen-bond donors (Lipinski definition) is 1. The van der Waals surface area contributed by atoms with E-state index in [2.05, 4.69) is 15.9 Å². The number of hydrogen-bond acceptors (Lipinski definition) is 5. The Labute approximate surface area is 119 Å². The first-order chi connectivity index (χ1) is 8.61. The molecule has 0 bridgehead atoms. The maximum atomic E-state index is 11.6. The minimum Gasteiger partial charge on any atom is -0.468 e. The van der Waals surface area contributed by atoms with Crippen LogP contribution in [0.1, 0.15) is 12.8 Å². The zero-order chi connectivity index (χ0) is 13.1. The Kier molecular flexibility index (Phi) is 4.53. The first-order valence-electron chi connectivity index (χ1n) is 5.69. The van der Waals surface area contributed by atoms with Gasteiger partial charge in [0.25, 0.3) is 0 Å². The van der Waals surface area contributed by atoms with Crippen molar-refractivity contribution in [3.63, 3.8) is 0 Å². The third kappa shape index (κ3) is 2.99. The van der Waals surface area contributed by atoms with Crippen LogP contribution in [0.5, 0.6) is 0 Å². The lowest BCUT2D eigenvalue weighted by molar-refractivity contribution is -0.144. The standard InChI is InChI=1S/C12H15BrN2O2S/c1-17-12(16)10-3-2-6-15(10)18-11-5-4-8(13)7-9(11)14/h4-5,7,10H,2-3,6,14H2,1H3. The van der Waals surface area contributed by atoms with Gasteiger partial charge in [0.1, 0.15) is 6.04 Å². The van der Waals surface area contributed by atoms with Crippen molar-refractivity contribution in [1.82, 2.24) is 4.31 Å². The molecule has 4 nitrogen and oxygen atoms in total. The molecule has 1 aromatic carbocycles. The minimum atomic E-state index is -0.171. The van der Waals surface area contributed by atoms with Crippen molar-refractivity contribution < 1.29 is 9.53 Å². The number of ether oxygens (including phenoxy) is 1. The second-order valence-electron chi connectivity index (χ2n) is 4.10. The molecule has 6 heteroatoms. The number of carbonyl (C=O) groups excluding carboxylic acids is 1. The summed E-state index contributed by atoms with van der Waals surface area (Å²) < 4.78 is 7.82. The first kappa shape index (κ1) is 13.7. The number of halogens is 1. The van der Waals surface area contributed by atoms with Crippen LogP contribution in [0.3, 0.4) is 0 Å². The minimum absolute atomic E-state index is 0.164. The van der Waals surface area contributed by atoms with Crippen molar-refractivity contribution in [2.45, 2.75) is 23.8 Å². The lowest BCUT2D eigenvalue weighted by Gasteiger charge is -2.21. The third-order valence-electron chi connectivity index (χ3n) is 2.86. The van der Waals surface area contributed by atoms with Gasteiger partial charge in [-0.25, -0.2) is 4.31 Å². The van der Waals surface area contributed by atoms with Gasteiger partial charge in [0.15, 0.2) is 0 Å². The van der Waals surface area contributed by atoms with E-state index in [-0.39, 0.29) is 12.0 Å². The molecule has 1 fully saturated rings. The van der Waals surface area contributed by atoms with Gasteiger partial charge in [-0.2, -0.15) is 0 Å². The number of nitrogens with two attached hydrogens (primary N) is 1. The second kappa shape index (κ2) is 5.95. The number of anilines is 1. The lowest BCUT2D eigenvalue weighted by atomic mass is 10.2. The SMILES string of the molecule is COC(=O)C1CCCN1Sc1ccc(Br)cc1N. The Morgan fingerprint density at radius 1 is 1.61 bits per heavy atom. The smallest absolute Gasteiger partial charge is 0.323 e. The van der Waals surface area contributed by atoms with Gasteiger partial charge in [-0.05, 0) is 43.0 Å². The molecule has 1 aromatic rings. The third-order valence-corrected chi connectivity index (χ3v) is 4.60. The molecule has 2 N–H and O–H groups in total. The van der Waals surface area contributed by atoms with Gasteiger partial charge in [0.2, 0.25) is 0 Å². The topological polar surface area (TPSA) is 55.6 Å². The molecule has 2 rings (SSSR count). The van der Waals surface area contributed by atoms with Crippen LogP contribution in [-0.2, 0) is 9.53 Å². The molecular formula is C12H15BrN2O2S. The van der Waals surface area contributed by atoms with Gasteiger partial charge < -0.3 is 10.5 Å². The number of benzene rings is 1. The molecule has 18 heavy (non-hydrogen) atoms. The summed E-state index contributed by atoms with van der Waals surface area (Å²) in [7, 11) is 1.43. The van der Waals surface area contributed by atoms with Gasteiger partial charge in [0.05, 0.1) is 7.11 Å². The fraction of sp³-hybridized carbons (Fsp3) is 0.417. The van der Waals surface area contributed by atoms with E-state index in [0.717, 1.165) is 28.8 Å². The number of carbonyl (C=O) groups is 1. The molecule has 1 unspecified atom stereocenters. The molecule has 0 spiro atoms. The van der Waals surface area contributed by atoms with Crippen molar-refractivity contribution in [3.05, 3.63) is 22.7 Å². The fourth-order valence-corrected chi connectivity index (χ4v) is 3.41. The summed E-state index contributed by atoms with van der Waals surface area (Å²) >= 11 is 4.90. The zero-order valence-corrected chi connectivity index (χ0v) is 12.5. The normalized spacial score (nSPS) is 20.0. The fourth-order valence-electron chi connectivity index (χ4n) is 1.95. The van der Waals surface area contributed by atoms with Crippen molar-refractivity contribution >= 4 is 39.5 Å². The molecule has 0 radical (unpaired) electrons. The Morgan fingerprint density at radius 2 is 2.39 bits per heavy atom. The van der Waals surface area contributed by atoms with Crippen molar-refractivity contribution in [1.29, 1.82) is 0 Å². The van der Waals surface area contributed by atoms with Crippen LogP contribution in [0, 0.1) is 0 Å². The zero-order valence-electron chi connectivity index (χ0n) is 10.1. The van der Waals surface area contributed by atoms with Gasteiger partial charge >= 0.3 is 5.97 Å². The molecular weight excluding hydrogens is 316 g/mol. The highest BCUT2D eigenvalue weighted by Gasteiger charge is 2.32. The highest BCUT2D eigenvalue weighted by atomic mass is 79.9. The van der Waals surface area contributed by atoms with Crippen molar-refractivity contribution in [3.8, 4) is 0 Å². The summed E-state index contributed by atoms with van der Waals surface area (Å²) in [5, 5.41) is 0. The largest absolute Gasteiger partial charge is 0.468 e. The summed E-state index contributed by atoms with van der Waals surface area (Å²) in [4.78, 5) is 12.6. The molecule has 0 aliphatic carbocycles. The van der Waals surface area contributed by atoms with Gasteiger partial charge in [-0.15, -0.1) is 0 Å². The van der Waals surface area contributed by atoms with Crippen LogP contribution in [0.15, 0.2) is 27.6 Å². The maximum Gasteiger partial charge on any atom is 0.323 e. The van der Waals surface area contributed by atoms with Gasteiger partial charge in [-0.1, -0.05) is 15.9 Å². The molecule has 1 heterocycles. The highest BCUT2D eigenvalue weighted by Crippen LogP contribution is 2.35. The number of esters is 1. The van der Waals surface area contributed by atoms with Gasteiger partial charge in [-0.3, -0.25) is 4.79 Å². The quantitative estimate of drug-likeness (QED) is 0.524. The average molecular weight is 331 g/mol. The Balaban J connectivity index is 2.10. The number of methoxy groups -OCH3 is 1. The second-order valence-corrected chi connectivity index (χ2v) is 6.10. The van der Waals surface area contributed by atoms with Crippen LogP contribution < -0.4 is 5.73 Å². The highest BCUT2D eigenvalue weighted by molar-refractivity contribution is 9.10. The number of nitrogens with zero attached hydrogens (tertiary/aromatic N) is 1. The van der Waals surface area contributed by atoms with Crippen LogP contribution >= 0.6 is 27.9 Å². The summed E-state index contributed by atoms with van der Waals surface area (Å²) in [5.74, 6) is -0.171. The van der Waals surface area contributed by atoms with Crippen molar-refractivity contribution in [2.24, 2.45) is 0 Å². The van der Waals surface area contributed by atoms with E-state index in [9.17, 15) is 4.79 Å². The molecule has 98 valence electrons. The molecule has 1 aliphatic heterocycles. The van der Waals surface area contributed by atoms with Crippen LogP contribution in [0.2, 0.25) is 0 Å². The Bertz CT molecular complexity index is 456. The summed E-state index contributed by atoms with van der Waals surface area (Å²) in [5.41, 5.74) is 6.67. The molecule has 1 atom stereocenters. The van der Waals surface area contributed by atoms with Gasteiger partial charge in [0, 0.05) is 21.6 Å². The van der Waals surface area contributed by atoms with Crippen LogP contribution in [-0.4, -0.2) is 30.0 Å². The summed E-state index contributed by atoms with van der Waals surface area (Å²) in [6, 6.07) is 5.60. The number of nitrogen functional groups attached to an aromatic ring is 1. The van der Waals surface area contributed by atoms with Crippen molar-refractivity contribution in [2.75, 3.05) is 19.4 Å². The van der Waals surface area contributed by atoms with Crippen LogP contribution in [0.25, 0.3) is 0 Å². The Morgan fingerprint density at radius 3 is 3.06 bits per heavy atom. The first-order valence-corrected chi connectivity index (χ1v) is 7.26. The molecule has 1 saturated heterocycles. The van der Waals surface area contributed by atoms with E-state index in [0.29, 0.717) is 5.69 Å². The summed E-state index contributed by atoms with van der Waals surface area (Å²) in [6.45, 7) is 0.875.